The van der Waals surface area contributed by atoms with Crippen LogP contribution in [0.5, 0.6) is 0 Å². The maximum atomic E-state index is 13.2. The average Bonchev–Trinajstić information content (AvgIpc) is 2.43. The zero-order valence-electron chi connectivity index (χ0n) is 14.5. The van der Waals surface area contributed by atoms with Crippen LogP contribution in [0.4, 0.5) is 5.69 Å². The lowest BCUT2D eigenvalue weighted by Gasteiger charge is -2.64. The van der Waals surface area contributed by atoms with E-state index in [4.69, 9.17) is 5.73 Å². The van der Waals surface area contributed by atoms with E-state index >= 15 is 0 Å². The van der Waals surface area contributed by atoms with Crippen LogP contribution in [-0.2, 0) is 4.79 Å². The summed E-state index contributed by atoms with van der Waals surface area (Å²) in [6.45, 7) is 4.73. The quantitative estimate of drug-likeness (QED) is 0.888. The molecule has 3 N–H and O–H groups in total. The Morgan fingerprint density at radius 3 is 2.33 bits per heavy atom. The van der Waals surface area contributed by atoms with Crippen molar-refractivity contribution in [3.63, 3.8) is 0 Å². The number of anilines is 1. The second kappa shape index (κ2) is 4.84. The molecule has 1 aromatic carbocycles. The van der Waals surface area contributed by atoms with Gasteiger partial charge < -0.3 is 11.1 Å². The van der Waals surface area contributed by atoms with Gasteiger partial charge in [0.05, 0.1) is 5.41 Å². The van der Waals surface area contributed by atoms with E-state index in [9.17, 15) is 9.59 Å². The first-order chi connectivity index (χ1) is 11.2. The Hall–Kier alpha value is -1.84. The zero-order chi connectivity index (χ0) is 17.2. The highest BCUT2D eigenvalue weighted by Crippen LogP contribution is 2.69. The molecule has 2 unspecified atom stereocenters. The number of benzene rings is 1. The minimum atomic E-state index is -0.471. The van der Waals surface area contributed by atoms with Gasteiger partial charge in [-0.3, -0.25) is 9.59 Å². The van der Waals surface area contributed by atoms with Crippen LogP contribution in [0.25, 0.3) is 0 Å². The molecule has 0 heterocycles. The highest BCUT2D eigenvalue weighted by Gasteiger charge is 2.62. The smallest absolute Gasteiger partial charge is 0.248 e. The minimum absolute atomic E-state index is 0.130. The Bertz CT molecular complexity index is 708. The van der Waals surface area contributed by atoms with E-state index in [1.807, 2.05) is 6.07 Å². The third-order valence-corrected chi connectivity index (χ3v) is 6.51. The van der Waals surface area contributed by atoms with Gasteiger partial charge in [0.2, 0.25) is 11.8 Å². The van der Waals surface area contributed by atoms with Crippen molar-refractivity contribution in [2.45, 2.75) is 52.4 Å². The van der Waals surface area contributed by atoms with Crippen LogP contribution in [0.3, 0.4) is 0 Å². The molecule has 0 aliphatic heterocycles. The van der Waals surface area contributed by atoms with Crippen LogP contribution in [0.2, 0.25) is 0 Å². The second-order valence-electron chi connectivity index (χ2n) is 9.31. The van der Waals surface area contributed by atoms with E-state index < -0.39 is 5.91 Å². The first-order valence-electron chi connectivity index (χ1n) is 8.93. The lowest BCUT2D eigenvalue weighted by Crippen LogP contribution is -2.58. The number of amides is 2. The molecule has 2 atom stereocenters. The summed E-state index contributed by atoms with van der Waals surface area (Å²) >= 11 is 0. The minimum Gasteiger partial charge on any atom is -0.366 e. The van der Waals surface area contributed by atoms with Gasteiger partial charge in [-0.1, -0.05) is 19.9 Å². The third-order valence-electron chi connectivity index (χ3n) is 6.51. The number of hydrogen-bond acceptors (Lipinski definition) is 2. The number of primary amides is 1. The molecule has 128 valence electrons. The molecule has 4 bridgehead atoms. The Kier molecular flexibility index (Phi) is 3.16. The van der Waals surface area contributed by atoms with Crippen molar-refractivity contribution >= 4 is 17.5 Å². The summed E-state index contributed by atoms with van der Waals surface area (Å²) in [6.07, 6.45) is 6.80. The fraction of sp³-hybridized carbons (Fsp3) is 0.600. The molecular weight excluding hydrogens is 300 g/mol. The van der Waals surface area contributed by atoms with Gasteiger partial charge >= 0.3 is 0 Å². The molecule has 0 spiro atoms. The van der Waals surface area contributed by atoms with E-state index in [2.05, 4.69) is 19.2 Å². The Balaban J connectivity index is 1.61. The highest BCUT2D eigenvalue weighted by molar-refractivity contribution is 5.98. The normalized spacial score (nSPS) is 39.7. The molecule has 4 saturated carbocycles. The molecule has 5 rings (SSSR count). The molecule has 0 radical (unpaired) electrons. The van der Waals surface area contributed by atoms with E-state index in [1.165, 1.54) is 19.3 Å². The number of nitrogens with two attached hydrogens (primary N) is 1. The molecule has 0 saturated heterocycles. The predicted octanol–water partition coefficient (Wildman–Crippen LogP) is 3.72. The van der Waals surface area contributed by atoms with Gasteiger partial charge in [0.1, 0.15) is 0 Å². The summed E-state index contributed by atoms with van der Waals surface area (Å²) < 4.78 is 0. The average molecular weight is 326 g/mol. The van der Waals surface area contributed by atoms with Crippen molar-refractivity contribution in [2.75, 3.05) is 5.32 Å². The number of carbonyl (C=O) groups is 2. The van der Waals surface area contributed by atoms with Crippen molar-refractivity contribution in [2.24, 2.45) is 27.9 Å². The highest BCUT2D eigenvalue weighted by atomic mass is 16.2. The standard InChI is InChI=1S/C20H26N2O2/c1-18-7-13-8-19(2,10-18)12-20(9-13,11-18)17(24)22-15-5-3-4-14(6-15)16(21)23/h3-6,13H,7-12H2,1-2H3,(H2,21,23)(H,22,24). The number of nitrogens with one attached hydrogen (secondary N) is 1. The molecule has 24 heavy (non-hydrogen) atoms. The van der Waals surface area contributed by atoms with Gasteiger partial charge in [-0.05, 0) is 73.5 Å². The number of hydrogen-bond donors (Lipinski definition) is 2. The maximum Gasteiger partial charge on any atom is 0.248 e. The molecular formula is C20H26N2O2. The third kappa shape index (κ3) is 2.43. The monoisotopic (exact) mass is 326 g/mol. The largest absolute Gasteiger partial charge is 0.366 e. The molecule has 4 aliphatic rings. The molecule has 4 nitrogen and oxygen atoms in total. The first-order valence-corrected chi connectivity index (χ1v) is 8.93. The van der Waals surface area contributed by atoms with Gasteiger partial charge in [-0.15, -0.1) is 0 Å². The Morgan fingerprint density at radius 2 is 1.75 bits per heavy atom. The fourth-order valence-corrected chi connectivity index (χ4v) is 6.71. The molecule has 2 amide bonds. The molecule has 4 fully saturated rings. The molecule has 4 heteroatoms. The summed E-state index contributed by atoms with van der Waals surface area (Å²) in [5.74, 6) is 0.338. The van der Waals surface area contributed by atoms with Crippen molar-refractivity contribution in [3.05, 3.63) is 29.8 Å². The number of carbonyl (C=O) groups excluding carboxylic acids is 2. The van der Waals surface area contributed by atoms with E-state index in [-0.39, 0.29) is 11.3 Å². The van der Waals surface area contributed by atoms with E-state index in [0.717, 1.165) is 19.3 Å². The van der Waals surface area contributed by atoms with Gasteiger partial charge in [-0.2, -0.15) is 0 Å². The summed E-state index contributed by atoms with van der Waals surface area (Å²) in [4.78, 5) is 24.6. The molecule has 1 aromatic rings. The predicted molar refractivity (Wildman–Crippen MR) is 93.4 cm³/mol. The number of rotatable bonds is 3. The molecule has 0 aromatic heterocycles. The van der Waals surface area contributed by atoms with Crippen molar-refractivity contribution in [1.29, 1.82) is 0 Å². The van der Waals surface area contributed by atoms with Crippen LogP contribution in [0, 0.1) is 22.2 Å². The topological polar surface area (TPSA) is 72.2 Å². The maximum absolute atomic E-state index is 13.2. The van der Waals surface area contributed by atoms with Gasteiger partial charge in [0.15, 0.2) is 0 Å². The lowest BCUT2D eigenvalue weighted by atomic mass is 9.40. The van der Waals surface area contributed by atoms with Crippen LogP contribution >= 0.6 is 0 Å². The lowest BCUT2D eigenvalue weighted by molar-refractivity contribution is -0.165. The fourth-order valence-electron chi connectivity index (χ4n) is 6.71. The van der Waals surface area contributed by atoms with Gasteiger partial charge in [0.25, 0.3) is 0 Å². The van der Waals surface area contributed by atoms with Crippen LogP contribution in [0.15, 0.2) is 24.3 Å². The Labute approximate surface area is 143 Å². The van der Waals surface area contributed by atoms with Gasteiger partial charge in [0, 0.05) is 11.3 Å². The Morgan fingerprint density at radius 1 is 1.08 bits per heavy atom. The van der Waals surface area contributed by atoms with Crippen molar-refractivity contribution in [3.8, 4) is 0 Å². The summed E-state index contributed by atoms with van der Waals surface area (Å²) in [6, 6.07) is 6.93. The van der Waals surface area contributed by atoms with Crippen molar-refractivity contribution < 1.29 is 9.59 Å². The van der Waals surface area contributed by atoms with Gasteiger partial charge in [-0.25, -0.2) is 0 Å². The van der Waals surface area contributed by atoms with Crippen LogP contribution in [0.1, 0.15) is 62.7 Å². The van der Waals surface area contributed by atoms with Crippen molar-refractivity contribution in [1.82, 2.24) is 0 Å². The summed E-state index contributed by atoms with van der Waals surface area (Å²) in [5.41, 5.74) is 6.81. The second-order valence-corrected chi connectivity index (χ2v) is 9.31. The first kappa shape index (κ1) is 15.7. The van der Waals surface area contributed by atoms with Crippen LogP contribution in [-0.4, -0.2) is 11.8 Å². The van der Waals surface area contributed by atoms with E-state index in [0.29, 0.717) is 28.0 Å². The molecule has 4 aliphatic carbocycles. The summed E-state index contributed by atoms with van der Waals surface area (Å²) in [5, 5.41) is 3.08. The van der Waals surface area contributed by atoms with E-state index in [1.54, 1.807) is 18.2 Å². The summed E-state index contributed by atoms with van der Waals surface area (Å²) in [7, 11) is 0. The van der Waals surface area contributed by atoms with Crippen LogP contribution < -0.4 is 11.1 Å². The SMILES string of the molecule is CC12CC3CC(C)(C1)CC(C(=O)Nc1cccc(C(N)=O)c1)(C3)C2. The zero-order valence-corrected chi connectivity index (χ0v) is 14.5.